The lowest BCUT2D eigenvalue weighted by Gasteiger charge is -2.14. The van der Waals surface area contributed by atoms with E-state index in [1.165, 1.54) is 31.2 Å². The van der Waals surface area contributed by atoms with Gasteiger partial charge in [-0.2, -0.15) is 0 Å². The van der Waals surface area contributed by atoms with Gasteiger partial charge in [0.1, 0.15) is 0 Å². The molecule has 0 bridgehead atoms. The molecule has 2 rings (SSSR count). The highest BCUT2D eigenvalue weighted by Crippen LogP contribution is 2.14. The van der Waals surface area contributed by atoms with Crippen molar-refractivity contribution in [2.45, 2.75) is 24.8 Å². The number of amides is 1. The van der Waals surface area contributed by atoms with Crippen molar-refractivity contribution in [1.82, 2.24) is 0 Å². The van der Waals surface area contributed by atoms with E-state index < -0.39 is 27.8 Å². The lowest BCUT2D eigenvalue weighted by Crippen LogP contribution is -2.30. The molecule has 0 radical (unpaired) electrons. The number of esters is 1. The van der Waals surface area contributed by atoms with E-state index in [-0.39, 0.29) is 10.5 Å². The van der Waals surface area contributed by atoms with Crippen LogP contribution in [0.3, 0.4) is 0 Å². The van der Waals surface area contributed by atoms with Crippen molar-refractivity contribution in [3.05, 3.63) is 59.7 Å². The highest BCUT2D eigenvalue weighted by molar-refractivity contribution is 7.90. The number of aryl methyl sites for hydroxylation is 1. The Kier molecular flexibility index (Phi) is 5.58. The summed E-state index contributed by atoms with van der Waals surface area (Å²) >= 11 is 0. The van der Waals surface area contributed by atoms with E-state index in [9.17, 15) is 18.0 Å². The number of ether oxygens (including phenoxy) is 1. The first kappa shape index (κ1) is 18.7. The van der Waals surface area contributed by atoms with E-state index in [1.807, 2.05) is 19.1 Å². The highest BCUT2D eigenvalue weighted by Gasteiger charge is 2.20. The third-order valence-electron chi connectivity index (χ3n) is 3.47. The minimum absolute atomic E-state index is 0.0127. The van der Waals surface area contributed by atoms with E-state index in [2.05, 4.69) is 5.32 Å². The molecule has 6 nitrogen and oxygen atoms in total. The van der Waals surface area contributed by atoms with Crippen LogP contribution in [-0.4, -0.2) is 32.7 Å². The van der Waals surface area contributed by atoms with Crippen LogP contribution in [0.5, 0.6) is 0 Å². The van der Waals surface area contributed by atoms with Crippen molar-refractivity contribution in [3.8, 4) is 0 Å². The van der Waals surface area contributed by atoms with Crippen LogP contribution in [0.1, 0.15) is 22.8 Å². The summed E-state index contributed by atoms with van der Waals surface area (Å²) in [5.74, 6) is -1.24. The quantitative estimate of drug-likeness (QED) is 0.827. The average Bonchev–Trinajstić information content (AvgIpc) is 2.56. The Hall–Kier alpha value is -2.67. The van der Waals surface area contributed by atoms with E-state index in [0.717, 1.165) is 11.8 Å². The minimum Gasteiger partial charge on any atom is -0.449 e. The fourth-order valence-corrected chi connectivity index (χ4v) is 2.68. The van der Waals surface area contributed by atoms with Gasteiger partial charge in [0.2, 0.25) is 0 Å². The Morgan fingerprint density at radius 3 is 2.32 bits per heavy atom. The van der Waals surface area contributed by atoms with E-state index in [1.54, 1.807) is 12.1 Å². The fraction of sp³-hybridized carbons (Fsp3) is 0.222. The number of rotatable bonds is 5. The lowest BCUT2D eigenvalue weighted by molar-refractivity contribution is -0.123. The molecule has 7 heteroatoms. The standard InChI is InChI=1S/C18H19NO5S/c1-12-7-9-15(10-8-12)19-17(20)13(2)24-18(21)14-5-4-6-16(11-14)25(3,22)23/h4-11,13H,1-3H3,(H,19,20)/t13-/m0/s1. The molecule has 0 unspecified atom stereocenters. The van der Waals surface area contributed by atoms with Gasteiger partial charge >= 0.3 is 5.97 Å². The Morgan fingerprint density at radius 1 is 1.08 bits per heavy atom. The molecular weight excluding hydrogens is 342 g/mol. The van der Waals surface area contributed by atoms with Crippen molar-refractivity contribution in [3.63, 3.8) is 0 Å². The maximum atomic E-state index is 12.1. The summed E-state index contributed by atoms with van der Waals surface area (Å²) < 4.78 is 28.2. The molecule has 0 aliphatic carbocycles. The zero-order valence-corrected chi connectivity index (χ0v) is 15.0. The molecule has 1 amide bonds. The van der Waals surface area contributed by atoms with Crippen molar-refractivity contribution >= 4 is 27.4 Å². The molecule has 0 aliphatic heterocycles. The maximum Gasteiger partial charge on any atom is 0.338 e. The van der Waals surface area contributed by atoms with Gasteiger partial charge in [-0.1, -0.05) is 23.8 Å². The molecule has 2 aromatic carbocycles. The summed E-state index contributed by atoms with van der Waals surface area (Å²) in [4.78, 5) is 24.3. The zero-order chi connectivity index (χ0) is 18.6. The minimum atomic E-state index is -3.43. The number of nitrogens with one attached hydrogen (secondary N) is 1. The summed E-state index contributed by atoms with van der Waals surface area (Å²) in [7, 11) is -3.43. The van der Waals surface area contributed by atoms with Gasteiger partial charge in [0.25, 0.3) is 5.91 Å². The second kappa shape index (κ2) is 7.48. The second-order valence-electron chi connectivity index (χ2n) is 5.70. The molecule has 0 aliphatic rings. The van der Waals surface area contributed by atoms with Crippen molar-refractivity contribution in [2.24, 2.45) is 0 Å². The van der Waals surface area contributed by atoms with Crippen LogP contribution < -0.4 is 5.32 Å². The van der Waals surface area contributed by atoms with Gasteiger partial charge < -0.3 is 10.1 Å². The Balaban J connectivity index is 2.04. The van der Waals surface area contributed by atoms with E-state index in [4.69, 9.17) is 4.74 Å². The van der Waals surface area contributed by atoms with Gasteiger partial charge in [-0.25, -0.2) is 13.2 Å². The molecule has 0 spiro atoms. The van der Waals surface area contributed by atoms with E-state index in [0.29, 0.717) is 5.69 Å². The topological polar surface area (TPSA) is 89.5 Å². The normalized spacial score (nSPS) is 12.3. The molecule has 0 saturated heterocycles. The Bertz CT molecular complexity index is 888. The largest absolute Gasteiger partial charge is 0.449 e. The number of hydrogen-bond acceptors (Lipinski definition) is 5. The van der Waals surface area contributed by atoms with Crippen LogP contribution in [0, 0.1) is 6.92 Å². The number of hydrogen-bond donors (Lipinski definition) is 1. The fourth-order valence-electron chi connectivity index (χ4n) is 2.02. The molecule has 0 saturated carbocycles. The van der Waals surface area contributed by atoms with Crippen LogP contribution in [-0.2, 0) is 19.4 Å². The van der Waals surface area contributed by atoms with Crippen molar-refractivity contribution in [1.29, 1.82) is 0 Å². The Morgan fingerprint density at radius 2 is 1.72 bits per heavy atom. The van der Waals surface area contributed by atoms with Gasteiger partial charge in [0, 0.05) is 11.9 Å². The molecular formula is C18H19NO5S. The predicted molar refractivity (Wildman–Crippen MR) is 94.2 cm³/mol. The van der Waals surface area contributed by atoms with Crippen LogP contribution in [0.2, 0.25) is 0 Å². The van der Waals surface area contributed by atoms with Gasteiger partial charge in [0.05, 0.1) is 10.5 Å². The Labute approximate surface area is 146 Å². The molecule has 0 fully saturated rings. The number of carbonyl (C=O) groups is 2. The summed E-state index contributed by atoms with van der Waals surface area (Å²) in [6, 6.07) is 12.7. The van der Waals surface area contributed by atoms with E-state index >= 15 is 0 Å². The average molecular weight is 361 g/mol. The van der Waals surface area contributed by atoms with Crippen molar-refractivity contribution < 1.29 is 22.7 Å². The lowest BCUT2D eigenvalue weighted by atomic mass is 10.2. The molecule has 0 aromatic heterocycles. The monoisotopic (exact) mass is 361 g/mol. The predicted octanol–water partition coefficient (Wildman–Crippen LogP) is 2.58. The number of benzene rings is 2. The summed E-state index contributed by atoms with van der Waals surface area (Å²) in [5.41, 5.74) is 1.72. The van der Waals surface area contributed by atoms with Crippen molar-refractivity contribution in [2.75, 3.05) is 11.6 Å². The molecule has 1 atom stereocenters. The van der Waals surface area contributed by atoms with Gasteiger partial charge in [-0.3, -0.25) is 4.79 Å². The van der Waals surface area contributed by atoms with Gasteiger partial charge in [-0.15, -0.1) is 0 Å². The summed E-state index contributed by atoms with van der Waals surface area (Å²) in [6.45, 7) is 3.38. The molecule has 132 valence electrons. The SMILES string of the molecule is Cc1ccc(NC(=O)[C@H](C)OC(=O)c2cccc(S(C)(=O)=O)c2)cc1. The van der Waals surface area contributed by atoms with Crippen LogP contribution in [0.15, 0.2) is 53.4 Å². The number of carbonyl (C=O) groups excluding carboxylic acids is 2. The van der Waals surface area contributed by atoms with Gasteiger partial charge in [-0.05, 0) is 44.2 Å². The highest BCUT2D eigenvalue weighted by atomic mass is 32.2. The first-order valence-electron chi connectivity index (χ1n) is 7.55. The molecule has 1 N–H and O–H groups in total. The summed E-state index contributed by atoms with van der Waals surface area (Å²) in [6.07, 6.45) is 0.0189. The third kappa shape index (κ3) is 5.15. The van der Waals surface area contributed by atoms with Crippen LogP contribution >= 0.6 is 0 Å². The molecule has 2 aromatic rings. The smallest absolute Gasteiger partial charge is 0.338 e. The third-order valence-corrected chi connectivity index (χ3v) is 4.58. The number of sulfone groups is 1. The molecule has 0 heterocycles. The first-order chi connectivity index (χ1) is 11.7. The second-order valence-corrected chi connectivity index (χ2v) is 7.72. The summed E-state index contributed by atoms with van der Waals surface area (Å²) in [5, 5.41) is 2.65. The molecule has 25 heavy (non-hydrogen) atoms. The zero-order valence-electron chi connectivity index (χ0n) is 14.1. The van der Waals surface area contributed by atoms with Crippen LogP contribution in [0.25, 0.3) is 0 Å². The van der Waals surface area contributed by atoms with Gasteiger partial charge in [0.15, 0.2) is 15.9 Å². The number of anilines is 1. The maximum absolute atomic E-state index is 12.1. The van der Waals surface area contributed by atoms with Crippen LogP contribution in [0.4, 0.5) is 5.69 Å². The first-order valence-corrected chi connectivity index (χ1v) is 9.44.